The van der Waals surface area contributed by atoms with E-state index < -0.39 is 6.09 Å². The predicted octanol–water partition coefficient (Wildman–Crippen LogP) is 3.42. The lowest BCUT2D eigenvalue weighted by molar-refractivity contribution is 0.0996. The smallest absolute Gasteiger partial charge is 0.407 e. The average molecular weight is 503 g/mol. The number of alkyl carbamates (subject to hydrolysis) is 1. The van der Waals surface area contributed by atoms with Crippen LogP contribution in [0.5, 0.6) is 0 Å². The van der Waals surface area contributed by atoms with Gasteiger partial charge in [0.15, 0.2) is 5.82 Å². The van der Waals surface area contributed by atoms with Gasteiger partial charge in [-0.2, -0.15) is 0 Å². The molecule has 11 heteroatoms. The summed E-state index contributed by atoms with van der Waals surface area (Å²) in [6.45, 7) is 4.35. The van der Waals surface area contributed by atoms with Crippen LogP contribution in [0.4, 0.5) is 16.4 Å². The topological polar surface area (TPSA) is 118 Å². The molecule has 2 aliphatic heterocycles. The van der Waals surface area contributed by atoms with Crippen molar-refractivity contribution >= 4 is 23.6 Å². The van der Waals surface area contributed by atoms with E-state index in [1.807, 2.05) is 50.1 Å². The number of fused-ring (bicyclic) bond motifs is 6. The molecule has 11 nitrogen and oxygen atoms in total. The van der Waals surface area contributed by atoms with E-state index in [1.54, 1.807) is 4.90 Å². The van der Waals surface area contributed by atoms with Crippen molar-refractivity contribution in [2.24, 2.45) is 0 Å². The lowest BCUT2D eigenvalue weighted by Gasteiger charge is -2.23. The summed E-state index contributed by atoms with van der Waals surface area (Å²) in [7, 11) is 3.43. The number of anilines is 2. The average Bonchev–Trinajstić information content (AvgIpc) is 3.68. The van der Waals surface area contributed by atoms with Crippen molar-refractivity contribution in [3.8, 4) is 11.5 Å². The third-order valence-electron chi connectivity index (χ3n) is 7.77. The van der Waals surface area contributed by atoms with Crippen molar-refractivity contribution in [1.29, 1.82) is 0 Å². The first-order chi connectivity index (χ1) is 17.9. The van der Waals surface area contributed by atoms with E-state index in [-0.39, 0.29) is 18.6 Å². The highest BCUT2D eigenvalue weighted by Gasteiger charge is 2.41. The largest absolute Gasteiger partial charge is 0.443 e. The van der Waals surface area contributed by atoms with Crippen molar-refractivity contribution in [3.63, 3.8) is 0 Å². The van der Waals surface area contributed by atoms with Crippen LogP contribution >= 0.6 is 0 Å². The van der Waals surface area contributed by atoms with Gasteiger partial charge in [0.25, 0.3) is 5.91 Å². The van der Waals surface area contributed by atoms with Gasteiger partial charge < -0.3 is 19.5 Å². The van der Waals surface area contributed by atoms with Gasteiger partial charge in [0, 0.05) is 37.7 Å². The first kappa shape index (κ1) is 23.4. The molecule has 2 amide bonds. The Bertz CT molecular complexity index is 1400. The molecular formula is C26H30N8O3. The first-order valence-corrected chi connectivity index (χ1v) is 12.7. The fourth-order valence-electron chi connectivity index (χ4n) is 5.55. The standard InChI is InChI=1S/C26H30N8O3/c1-14(2)32(4)22-11-17-18(20(29-22)13-37-26(36)27-3)12-33(25(17)35)21-7-5-6-19(28-21)24-31-30-23-15-8-9-16(10-15)34(23)24/h5-7,11,14-16H,8-10,12-13H2,1-4H3,(H,27,36). The van der Waals surface area contributed by atoms with Gasteiger partial charge in [-0.15, -0.1) is 10.2 Å². The second-order valence-electron chi connectivity index (χ2n) is 10.2. The molecule has 0 aromatic carbocycles. The maximum atomic E-state index is 13.7. The Balaban J connectivity index is 1.34. The molecule has 0 spiro atoms. The van der Waals surface area contributed by atoms with Gasteiger partial charge in [-0.25, -0.2) is 14.8 Å². The van der Waals surface area contributed by atoms with Crippen LogP contribution in [0.15, 0.2) is 24.3 Å². The van der Waals surface area contributed by atoms with Gasteiger partial charge in [0.1, 0.15) is 29.8 Å². The zero-order valence-electron chi connectivity index (χ0n) is 21.4. The van der Waals surface area contributed by atoms with Gasteiger partial charge in [0.2, 0.25) is 0 Å². The molecule has 3 aromatic heterocycles. The van der Waals surface area contributed by atoms with Crippen LogP contribution < -0.4 is 15.1 Å². The Morgan fingerprint density at radius 2 is 2.08 bits per heavy atom. The fraction of sp³-hybridized carbons (Fsp3) is 0.462. The quantitative estimate of drug-likeness (QED) is 0.545. The Morgan fingerprint density at radius 3 is 2.86 bits per heavy atom. The zero-order chi connectivity index (χ0) is 25.8. The lowest BCUT2D eigenvalue weighted by atomic mass is 10.1. The molecule has 3 aromatic rings. The van der Waals surface area contributed by atoms with E-state index in [2.05, 4.69) is 20.1 Å². The van der Waals surface area contributed by atoms with Crippen LogP contribution in [0.25, 0.3) is 11.5 Å². The second-order valence-corrected chi connectivity index (χ2v) is 10.2. The van der Waals surface area contributed by atoms with Crippen molar-refractivity contribution < 1.29 is 14.3 Å². The van der Waals surface area contributed by atoms with Gasteiger partial charge in [0.05, 0.1) is 17.8 Å². The highest BCUT2D eigenvalue weighted by atomic mass is 16.5. The number of carbonyl (C=O) groups is 2. The van der Waals surface area contributed by atoms with Crippen LogP contribution in [0.2, 0.25) is 0 Å². The third-order valence-corrected chi connectivity index (χ3v) is 7.77. The molecule has 1 aliphatic carbocycles. The normalized spacial score (nSPS) is 19.4. The Morgan fingerprint density at radius 1 is 1.24 bits per heavy atom. The van der Waals surface area contributed by atoms with E-state index in [9.17, 15) is 9.59 Å². The van der Waals surface area contributed by atoms with Crippen LogP contribution in [-0.4, -0.2) is 56.9 Å². The molecule has 1 N–H and O–H groups in total. The number of pyridine rings is 2. The Labute approximate surface area is 214 Å². The zero-order valence-corrected chi connectivity index (χ0v) is 21.4. The number of carbonyl (C=O) groups excluding carboxylic acids is 2. The van der Waals surface area contributed by atoms with Crippen molar-refractivity contribution in [2.75, 3.05) is 23.9 Å². The van der Waals surface area contributed by atoms with Gasteiger partial charge >= 0.3 is 6.09 Å². The number of hydrogen-bond acceptors (Lipinski definition) is 8. The highest BCUT2D eigenvalue weighted by Crippen LogP contribution is 2.49. The molecule has 2 unspecified atom stereocenters. The SMILES string of the molecule is CNC(=O)OCc1nc(N(C)C(C)C)cc2c1CN(c1cccc(-c3nnc4n3C3CCC4C3)n1)C2=O. The van der Waals surface area contributed by atoms with E-state index in [4.69, 9.17) is 14.7 Å². The monoisotopic (exact) mass is 502 g/mol. The summed E-state index contributed by atoms with van der Waals surface area (Å²) in [5.41, 5.74) is 2.54. The molecule has 0 saturated heterocycles. The highest BCUT2D eigenvalue weighted by molar-refractivity contribution is 6.10. The minimum atomic E-state index is -0.553. The summed E-state index contributed by atoms with van der Waals surface area (Å²) in [5, 5.41) is 11.4. The molecule has 37 heavy (non-hydrogen) atoms. The Hall–Kier alpha value is -4.02. The minimum Gasteiger partial charge on any atom is -0.443 e. The number of rotatable bonds is 6. The molecule has 0 radical (unpaired) electrons. The molecule has 5 heterocycles. The van der Waals surface area contributed by atoms with Crippen LogP contribution in [0.1, 0.15) is 72.5 Å². The van der Waals surface area contributed by atoms with Gasteiger partial charge in [-0.3, -0.25) is 9.69 Å². The van der Waals surface area contributed by atoms with Crippen molar-refractivity contribution in [1.82, 2.24) is 30.0 Å². The van der Waals surface area contributed by atoms with Crippen LogP contribution in [0, 0.1) is 0 Å². The summed E-state index contributed by atoms with van der Waals surface area (Å²) in [6, 6.07) is 8.06. The molecule has 1 fully saturated rings. The van der Waals surface area contributed by atoms with E-state index in [1.165, 1.54) is 13.5 Å². The van der Waals surface area contributed by atoms with Crippen molar-refractivity contribution in [3.05, 3.63) is 46.9 Å². The molecule has 192 valence electrons. The maximum absolute atomic E-state index is 13.7. The Kier molecular flexibility index (Phi) is 5.58. The van der Waals surface area contributed by atoms with E-state index >= 15 is 0 Å². The second kappa shape index (κ2) is 8.82. The number of amides is 2. The summed E-state index contributed by atoms with van der Waals surface area (Å²) in [5.74, 6) is 3.33. The maximum Gasteiger partial charge on any atom is 0.407 e. The summed E-state index contributed by atoms with van der Waals surface area (Å²) < 4.78 is 7.54. The van der Waals surface area contributed by atoms with Gasteiger partial charge in [-0.05, 0) is 51.3 Å². The van der Waals surface area contributed by atoms with E-state index in [0.29, 0.717) is 47.1 Å². The van der Waals surface area contributed by atoms with Crippen molar-refractivity contribution in [2.45, 2.75) is 64.3 Å². The molecule has 1 saturated carbocycles. The van der Waals surface area contributed by atoms with Crippen LogP contribution in [0.3, 0.4) is 0 Å². The number of ether oxygens (including phenoxy) is 1. The molecular weight excluding hydrogens is 472 g/mol. The first-order valence-electron chi connectivity index (χ1n) is 12.7. The van der Waals surface area contributed by atoms with Gasteiger partial charge in [-0.1, -0.05) is 6.07 Å². The predicted molar refractivity (Wildman–Crippen MR) is 136 cm³/mol. The van der Waals surface area contributed by atoms with Crippen LogP contribution in [-0.2, 0) is 17.9 Å². The summed E-state index contributed by atoms with van der Waals surface area (Å²) >= 11 is 0. The van der Waals surface area contributed by atoms with E-state index in [0.717, 1.165) is 30.1 Å². The lowest BCUT2D eigenvalue weighted by Crippen LogP contribution is -2.27. The summed E-state index contributed by atoms with van der Waals surface area (Å²) in [4.78, 5) is 38.7. The summed E-state index contributed by atoms with van der Waals surface area (Å²) in [6.07, 6.45) is 2.88. The molecule has 2 atom stereocenters. The molecule has 6 rings (SSSR count). The molecule has 3 aliphatic rings. The third kappa shape index (κ3) is 3.80. The number of aromatic nitrogens is 5. The molecule has 2 bridgehead atoms. The minimum absolute atomic E-state index is 0.0369. The number of nitrogens with one attached hydrogen (secondary N) is 1. The number of nitrogens with zero attached hydrogens (tertiary/aromatic N) is 7. The fourth-order valence-corrected chi connectivity index (χ4v) is 5.55. The number of hydrogen-bond donors (Lipinski definition) is 1.